The van der Waals surface area contributed by atoms with Crippen molar-refractivity contribution >= 4 is 36.0 Å². The Morgan fingerprint density at radius 1 is 1.06 bits per heavy atom. The number of nitrogens with one attached hydrogen (secondary N) is 2. The normalized spacial score (nSPS) is 14.9. The minimum absolute atomic E-state index is 0. The summed E-state index contributed by atoms with van der Waals surface area (Å²) in [5, 5.41) is 14.9. The van der Waals surface area contributed by atoms with Crippen molar-refractivity contribution in [1.82, 2.24) is 5.32 Å². The van der Waals surface area contributed by atoms with Gasteiger partial charge in [0, 0.05) is 11.6 Å². The molecule has 0 aliphatic heterocycles. The van der Waals surface area contributed by atoms with Gasteiger partial charge in [0.05, 0.1) is 5.69 Å². The molecule has 1 amide bonds. The number of anilines is 1. The molecule has 3 rings (SSSR count). The van der Waals surface area contributed by atoms with E-state index >= 15 is 0 Å². The van der Waals surface area contributed by atoms with E-state index in [0.717, 1.165) is 51.8 Å². The number of amides is 1. The van der Waals surface area contributed by atoms with Gasteiger partial charge in [-0.15, -0.1) is 12.4 Å². The van der Waals surface area contributed by atoms with Crippen LogP contribution in [0.3, 0.4) is 0 Å². The van der Waals surface area contributed by atoms with Crippen LogP contribution in [0.2, 0.25) is 0 Å². The largest absolute Gasteiger partial charge is 0.480 e. The van der Waals surface area contributed by atoms with E-state index < -0.39 is 17.9 Å². The summed E-state index contributed by atoms with van der Waals surface area (Å²) >= 11 is 0. The number of halogens is 2. The molecule has 3 N–H and O–H groups in total. The molecule has 2 aromatic rings. The van der Waals surface area contributed by atoms with Gasteiger partial charge in [0.15, 0.2) is 0 Å². The van der Waals surface area contributed by atoms with Crippen LogP contribution in [0.15, 0.2) is 23.8 Å². The van der Waals surface area contributed by atoms with Gasteiger partial charge in [-0.3, -0.25) is 9.59 Å². The van der Waals surface area contributed by atoms with Crippen LogP contribution >= 0.6 is 12.4 Å². The first-order chi connectivity index (χ1) is 16.0. The number of carboxylic acid groups (broad SMARTS) is 1. The molecule has 35 heavy (non-hydrogen) atoms. The van der Waals surface area contributed by atoms with E-state index in [1.54, 1.807) is 19.1 Å². The van der Waals surface area contributed by atoms with E-state index in [2.05, 4.69) is 10.6 Å². The van der Waals surface area contributed by atoms with E-state index in [-0.39, 0.29) is 18.2 Å². The summed E-state index contributed by atoms with van der Waals surface area (Å²) in [6.07, 6.45) is 6.34. The first kappa shape index (κ1) is 28.4. The minimum atomic E-state index is -1.08. The van der Waals surface area contributed by atoms with Crippen LogP contribution in [0.4, 0.5) is 10.1 Å². The third kappa shape index (κ3) is 6.23. The molecule has 0 heterocycles. The Morgan fingerprint density at radius 2 is 1.63 bits per heavy atom. The number of benzene rings is 2. The highest BCUT2D eigenvalue weighted by Gasteiger charge is 2.20. The summed E-state index contributed by atoms with van der Waals surface area (Å²) in [6.45, 7) is 11.1. The fourth-order valence-corrected chi connectivity index (χ4v) is 4.72. The quantitative estimate of drug-likeness (QED) is 0.378. The average Bonchev–Trinajstić information content (AvgIpc) is 3.30. The summed E-state index contributed by atoms with van der Waals surface area (Å²) in [5.74, 6) is -1.75. The molecule has 0 spiro atoms. The van der Waals surface area contributed by atoms with Gasteiger partial charge in [0.25, 0.3) is 0 Å². The van der Waals surface area contributed by atoms with Crippen LogP contribution < -0.4 is 10.6 Å². The van der Waals surface area contributed by atoms with Crippen molar-refractivity contribution in [3.63, 3.8) is 0 Å². The smallest absolute Gasteiger partial charge is 0.325 e. The Morgan fingerprint density at radius 3 is 2.14 bits per heavy atom. The fourth-order valence-electron chi connectivity index (χ4n) is 4.72. The molecule has 0 saturated heterocycles. The third-order valence-electron chi connectivity index (χ3n) is 7.09. The monoisotopic (exact) mass is 502 g/mol. The van der Waals surface area contributed by atoms with Crippen LogP contribution in [-0.4, -0.2) is 29.1 Å². The maximum Gasteiger partial charge on any atom is 0.325 e. The average molecular weight is 503 g/mol. The Labute approximate surface area is 213 Å². The summed E-state index contributed by atoms with van der Waals surface area (Å²) in [6, 6.07) is 4.78. The maximum atomic E-state index is 15.0. The van der Waals surface area contributed by atoms with E-state index in [4.69, 9.17) is 5.11 Å². The van der Waals surface area contributed by atoms with E-state index in [1.807, 2.05) is 39.8 Å². The summed E-state index contributed by atoms with van der Waals surface area (Å²) in [4.78, 5) is 23.5. The molecule has 7 heteroatoms. The lowest BCUT2D eigenvalue weighted by Crippen LogP contribution is -2.38. The highest BCUT2D eigenvalue weighted by Crippen LogP contribution is 2.37. The molecule has 1 fully saturated rings. The zero-order valence-corrected chi connectivity index (χ0v) is 22.2. The molecule has 1 atom stereocenters. The second-order valence-corrected chi connectivity index (χ2v) is 9.47. The zero-order chi connectivity index (χ0) is 25.2. The minimum Gasteiger partial charge on any atom is -0.480 e. The third-order valence-corrected chi connectivity index (χ3v) is 7.09. The molecule has 0 bridgehead atoms. The predicted molar refractivity (Wildman–Crippen MR) is 143 cm³/mol. The van der Waals surface area contributed by atoms with Crippen LogP contribution in [0.5, 0.6) is 0 Å². The molecule has 5 nitrogen and oxygen atoms in total. The number of hydrogen-bond donors (Lipinski definition) is 3. The number of carbonyl (C=O) groups is 2. The molecule has 190 valence electrons. The number of rotatable bonds is 7. The first-order valence-corrected chi connectivity index (χ1v) is 11.9. The fraction of sp³-hybridized carbons (Fsp3) is 0.429. The summed E-state index contributed by atoms with van der Waals surface area (Å²) < 4.78 is 15.0. The zero-order valence-electron chi connectivity index (χ0n) is 21.3. The van der Waals surface area contributed by atoms with Crippen LogP contribution in [0.1, 0.15) is 67.3 Å². The van der Waals surface area contributed by atoms with Crippen LogP contribution in [-0.2, 0) is 9.59 Å². The lowest BCUT2D eigenvalue weighted by molar-refractivity contribution is -0.140. The van der Waals surface area contributed by atoms with Gasteiger partial charge in [-0.25, -0.2) is 4.39 Å². The number of carboxylic acids is 1. The van der Waals surface area contributed by atoms with Crippen molar-refractivity contribution in [3.8, 4) is 11.1 Å². The Balaban J connectivity index is 0.00000432. The van der Waals surface area contributed by atoms with Gasteiger partial charge in [0.1, 0.15) is 11.9 Å². The van der Waals surface area contributed by atoms with Crippen molar-refractivity contribution in [2.24, 2.45) is 0 Å². The van der Waals surface area contributed by atoms with Gasteiger partial charge in [0.2, 0.25) is 5.91 Å². The van der Waals surface area contributed by atoms with Gasteiger partial charge < -0.3 is 15.7 Å². The summed E-state index contributed by atoms with van der Waals surface area (Å²) in [5.41, 5.74) is 7.80. The van der Waals surface area contributed by atoms with E-state index in [1.165, 1.54) is 19.8 Å². The molecular weight excluding hydrogens is 467 g/mol. The highest BCUT2D eigenvalue weighted by molar-refractivity contribution is 5.99. The molecule has 1 aliphatic carbocycles. The SMILES string of the molecule is C/C(=C\c1c(C)c(C)c(-c2ccc(NC3CCCC3)c(F)c2)c(C)c1C)C(=O)N[C@H](C)C(=O)O.Cl. The molecule has 0 aromatic heterocycles. The Hall–Kier alpha value is -2.86. The number of aliphatic carboxylic acids is 1. The van der Waals surface area contributed by atoms with Gasteiger partial charge in [-0.2, -0.15) is 0 Å². The van der Waals surface area contributed by atoms with Crippen molar-refractivity contribution in [3.05, 3.63) is 57.4 Å². The van der Waals surface area contributed by atoms with Crippen molar-refractivity contribution in [2.45, 2.75) is 79.3 Å². The standard InChI is InChI=1S/C28H35FN2O3.ClH/c1-15(27(32)30-20(6)28(33)34)13-23-16(2)18(4)26(19(5)17(23)3)21-11-12-25(24(29)14-21)31-22-9-7-8-10-22;/h11-14,20,22,31H,7-10H2,1-6H3,(H,30,32)(H,33,34);1H/b15-13+;/t20-;/m1./s1. The number of carbonyl (C=O) groups excluding carboxylic acids is 1. The topological polar surface area (TPSA) is 78.4 Å². The van der Waals surface area contributed by atoms with Gasteiger partial charge >= 0.3 is 5.97 Å². The Kier molecular flexibility index (Phi) is 9.50. The van der Waals surface area contributed by atoms with Crippen molar-refractivity contribution in [1.29, 1.82) is 0 Å². The molecule has 0 unspecified atom stereocenters. The number of hydrogen-bond acceptors (Lipinski definition) is 3. The molecule has 1 aliphatic rings. The van der Waals surface area contributed by atoms with Crippen molar-refractivity contribution < 1.29 is 19.1 Å². The molecular formula is C28H36ClFN2O3. The molecule has 0 radical (unpaired) electrons. The Bertz CT molecular complexity index is 1120. The van der Waals surface area contributed by atoms with Gasteiger partial charge in [-0.05, 0) is 112 Å². The van der Waals surface area contributed by atoms with E-state index in [0.29, 0.717) is 17.3 Å². The first-order valence-electron chi connectivity index (χ1n) is 11.9. The van der Waals surface area contributed by atoms with Crippen LogP contribution in [0, 0.1) is 33.5 Å². The van der Waals surface area contributed by atoms with Crippen molar-refractivity contribution in [2.75, 3.05) is 5.32 Å². The molecule has 2 aromatic carbocycles. The lowest BCUT2D eigenvalue weighted by atomic mass is 9.85. The van der Waals surface area contributed by atoms with Gasteiger partial charge in [-0.1, -0.05) is 18.9 Å². The second kappa shape index (κ2) is 11.7. The lowest BCUT2D eigenvalue weighted by Gasteiger charge is -2.21. The predicted octanol–water partition coefficient (Wildman–Crippen LogP) is 6.50. The van der Waals surface area contributed by atoms with Crippen LogP contribution in [0.25, 0.3) is 17.2 Å². The maximum absolute atomic E-state index is 15.0. The molecule has 1 saturated carbocycles. The van der Waals surface area contributed by atoms with E-state index in [9.17, 15) is 14.0 Å². The summed E-state index contributed by atoms with van der Waals surface area (Å²) in [7, 11) is 0. The second-order valence-electron chi connectivity index (χ2n) is 9.47. The highest BCUT2D eigenvalue weighted by atomic mass is 35.5.